The number of benzene rings is 1. The topological polar surface area (TPSA) is 20.2 Å². The zero-order valence-electron chi connectivity index (χ0n) is 8.76. The predicted octanol–water partition coefficient (Wildman–Crippen LogP) is 3.39. The third-order valence-corrected chi connectivity index (χ3v) is 2.94. The summed E-state index contributed by atoms with van der Waals surface area (Å²) in [7, 11) is 0. The van der Waals surface area contributed by atoms with Crippen LogP contribution in [0.3, 0.4) is 0 Å². The Morgan fingerprint density at radius 3 is 2.29 bits per heavy atom. The van der Waals surface area contributed by atoms with Gasteiger partial charge >= 0.3 is 0 Å². The first-order chi connectivity index (χ1) is 6.62. The Balaban J connectivity index is 2.94. The number of aliphatic hydroxyl groups excluding tert-OH is 1. The molecule has 0 saturated carbocycles. The molecule has 1 aromatic rings. The van der Waals surface area contributed by atoms with Crippen LogP contribution in [0.15, 0.2) is 24.3 Å². The van der Waals surface area contributed by atoms with Gasteiger partial charge in [0.1, 0.15) is 0 Å². The molecule has 0 amide bonds. The van der Waals surface area contributed by atoms with Crippen LogP contribution in [0.4, 0.5) is 0 Å². The summed E-state index contributed by atoms with van der Waals surface area (Å²) in [6.07, 6.45) is 2.06. The van der Waals surface area contributed by atoms with E-state index in [-0.39, 0.29) is 12.0 Å². The molecular weight excluding hydrogens is 196 g/mol. The fraction of sp³-hybridized carbons (Fsp3) is 0.500. The normalized spacial score (nSPS) is 15.1. The minimum absolute atomic E-state index is 0.126. The fourth-order valence-corrected chi connectivity index (χ4v) is 1.84. The smallest absolute Gasteiger partial charge is 0.0525 e. The molecule has 14 heavy (non-hydrogen) atoms. The Bertz CT molecular complexity index is 281. The second-order valence-electron chi connectivity index (χ2n) is 3.98. The van der Waals surface area contributed by atoms with Gasteiger partial charge in [0.15, 0.2) is 0 Å². The number of halogens is 1. The van der Waals surface area contributed by atoms with Crippen LogP contribution in [-0.2, 0) is 5.41 Å². The number of hydrogen-bond acceptors (Lipinski definition) is 1. The van der Waals surface area contributed by atoms with E-state index in [0.29, 0.717) is 0 Å². The van der Waals surface area contributed by atoms with Crippen LogP contribution < -0.4 is 0 Å². The fourth-order valence-electron chi connectivity index (χ4n) is 1.72. The first-order valence-electron chi connectivity index (χ1n) is 4.99. The van der Waals surface area contributed by atoms with Gasteiger partial charge in [-0.05, 0) is 24.1 Å². The van der Waals surface area contributed by atoms with Gasteiger partial charge in [0, 0.05) is 10.4 Å². The van der Waals surface area contributed by atoms with Crippen LogP contribution in [0.1, 0.15) is 32.3 Å². The van der Waals surface area contributed by atoms with Gasteiger partial charge in [-0.15, -0.1) is 0 Å². The lowest BCUT2D eigenvalue weighted by molar-refractivity contribution is 0.196. The van der Waals surface area contributed by atoms with Crippen molar-refractivity contribution in [1.29, 1.82) is 0 Å². The summed E-state index contributed by atoms with van der Waals surface area (Å²) < 4.78 is 0. The van der Waals surface area contributed by atoms with Crippen LogP contribution >= 0.6 is 11.6 Å². The second kappa shape index (κ2) is 4.81. The molecule has 0 aliphatic heterocycles. The standard InChI is InChI=1S/C12H17ClO/c1-3-8-12(2,9-14)10-4-6-11(13)7-5-10/h4-7,14H,3,8-9H2,1-2H3. The Kier molecular flexibility index (Phi) is 3.97. The minimum Gasteiger partial charge on any atom is -0.395 e. The maximum absolute atomic E-state index is 9.41. The molecule has 0 heterocycles. The Morgan fingerprint density at radius 1 is 1.29 bits per heavy atom. The van der Waals surface area contributed by atoms with Crippen molar-refractivity contribution in [3.05, 3.63) is 34.9 Å². The Morgan fingerprint density at radius 2 is 1.86 bits per heavy atom. The van der Waals surface area contributed by atoms with Crippen LogP contribution in [0.2, 0.25) is 5.02 Å². The highest BCUT2D eigenvalue weighted by Gasteiger charge is 2.24. The predicted molar refractivity (Wildman–Crippen MR) is 60.8 cm³/mol. The first-order valence-corrected chi connectivity index (χ1v) is 5.37. The average Bonchev–Trinajstić information content (AvgIpc) is 2.19. The molecule has 0 bridgehead atoms. The van der Waals surface area contributed by atoms with E-state index in [2.05, 4.69) is 13.8 Å². The van der Waals surface area contributed by atoms with Gasteiger partial charge in [-0.25, -0.2) is 0 Å². The van der Waals surface area contributed by atoms with Gasteiger partial charge in [-0.1, -0.05) is 44.0 Å². The molecule has 0 saturated heterocycles. The van der Waals surface area contributed by atoms with E-state index in [1.165, 1.54) is 0 Å². The van der Waals surface area contributed by atoms with Gasteiger partial charge < -0.3 is 5.11 Å². The molecule has 1 unspecified atom stereocenters. The van der Waals surface area contributed by atoms with Crippen LogP contribution in [0.25, 0.3) is 0 Å². The molecule has 0 spiro atoms. The molecule has 0 radical (unpaired) electrons. The molecule has 1 N–H and O–H groups in total. The van der Waals surface area contributed by atoms with Crippen molar-refractivity contribution in [2.24, 2.45) is 0 Å². The summed E-state index contributed by atoms with van der Waals surface area (Å²) in [6.45, 7) is 4.39. The Labute approximate surface area is 90.7 Å². The summed E-state index contributed by atoms with van der Waals surface area (Å²) in [5.74, 6) is 0. The number of rotatable bonds is 4. The summed E-state index contributed by atoms with van der Waals surface area (Å²) in [5.41, 5.74) is 1.03. The molecule has 0 aliphatic carbocycles. The molecule has 1 rings (SSSR count). The van der Waals surface area contributed by atoms with E-state index >= 15 is 0 Å². The van der Waals surface area contributed by atoms with Crippen molar-refractivity contribution in [2.75, 3.05) is 6.61 Å². The second-order valence-corrected chi connectivity index (χ2v) is 4.41. The van der Waals surface area contributed by atoms with Crippen molar-refractivity contribution in [1.82, 2.24) is 0 Å². The lowest BCUT2D eigenvalue weighted by Gasteiger charge is -2.27. The van der Waals surface area contributed by atoms with E-state index < -0.39 is 0 Å². The van der Waals surface area contributed by atoms with Gasteiger partial charge in [0.25, 0.3) is 0 Å². The molecule has 0 fully saturated rings. The summed E-state index contributed by atoms with van der Waals surface area (Å²) >= 11 is 5.82. The minimum atomic E-state index is -0.126. The van der Waals surface area contributed by atoms with Crippen molar-refractivity contribution < 1.29 is 5.11 Å². The maximum atomic E-state index is 9.41. The van der Waals surface area contributed by atoms with Gasteiger partial charge in [0.2, 0.25) is 0 Å². The van der Waals surface area contributed by atoms with Crippen molar-refractivity contribution in [3.63, 3.8) is 0 Å². The molecule has 0 aromatic heterocycles. The lowest BCUT2D eigenvalue weighted by Crippen LogP contribution is -2.26. The van der Waals surface area contributed by atoms with Crippen LogP contribution in [-0.4, -0.2) is 11.7 Å². The van der Waals surface area contributed by atoms with E-state index in [1.807, 2.05) is 24.3 Å². The molecule has 0 aliphatic rings. The first kappa shape index (κ1) is 11.5. The van der Waals surface area contributed by atoms with Crippen LogP contribution in [0.5, 0.6) is 0 Å². The van der Waals surface area contributed by atoms with Crippen molar-refractivity contribution in [3.8, 4) is 0 Å². The van der Waals surface area contributed by atoms with Crippen LogP contribution in [0, 0.1) is 0 Å². The monoisotopic (exact) mass is 212 g/mol. The lowest BCUT2D eigenvalue weighted by atomic mass is 9.79. The average molecular weight is 213 g/mol. The van der Waals surface area contributed by atoms with E-state index in [0.717, 1.165) is 23.4 Å². The number of hydrogen-bond donors (Lipinski definition) is 1. The summed E-state index contributed by atoms with van der Waals surface area (Å²) in [6, 6.07) is 7.74. The SMILES string of the molecule is CCCC(C)(CO)c1ccc(Cl)cc1. The molecule has 1 aromatic carbocycles. The summed E-state index contributed by atoms with van der Waals surface area (Å²) in [4.78, 5) is 0. The summed E-state index contributed by atoms with van der Waals surface area (Å²) in [5, 5.41) is 10.1. The van der Waals surface area contributed by atoms with E-state index in [9.17, 15) is 5.11 Å². The third-order valence-electron chi connectivity index (χ3n) is 2.69. The third kappa shape index (κ3) is 2.49. The quantitative estimate of drug-likeness (QED) is 0.811. The molecule has 1 atom stereocenters. The Hall–Kier alpha value is -0.530. The highest BCUT2D eigenvalue weighted by Crippen LogP contribution is 2.29. The van der Waals surface area contributed by atoms with E-state index in [1.54, 1.807) is 0 Å². The van der Waals surface area contributed by atoms with E-state index in [4.69, 9.17) is 11.6 Å². The van der Waals surface area contributed by atoms with Gasteiger partial charge in [-0.2, -0.15) is 0 Å². The van der Waals surface area contributed by atoms with Crippen molar-refractivity contribution in [2.45, 2.75) is 32.1 Å². The molecular formula is C12H17ClO. The van der Waals surface area contributed by atoms with Gasteiger partial charge in [-0.3, -0.25) is 0 Å². The molecule has 1 nitrogen and oxygen atoms in total. The zero-order chi connectivity index (χ0) is 10.6. The van der Waals surface area contributed by atoms with Crippen molar-refractivity contribution >= 4 is 11.6 Å². The number of aliphatic hydroxyl groups is 1. The van der Waals surface area contributed by atoms with Gasteiger partial charge in [0.05, 0.1) is 6.61 Å². The highest BCUT2D eigenvalue weighted by atomic mass is 35.5. The zero-order valence-corrected chi connectivity index (χ0v) is 9.51. The largest absolute Gasteiger partial charge is 0.395 e. The highest BCUT2D eigenvalue weighted by molar-refractivity contribution is 6.30. The maximum Gasteiger partial charge on any atom is 0.0525 e. The molecule has 78 valence electrons. The molecule has 2 heteroatoms.